The Morgan fingerprint density at radius 3 is 2.31 bits per heavy atom. The molecule has 0 rings (SSSR count). The van der Waals surface area contributed by atoms with Crippen molar-refractivity contribution < 1.29 is 8.42 Å². The molecule has 0 aliphatic rings. The Morgan fingerprint density at radius 1 is 1.31 bits per heavy atom. The molecular weight excluding hydrogens is 186 g/mol. The number of hydrogen-bond donors (Lipinski definition) is 1. The molecule has 0 aromatic carbocycles. The fourth-order valence-electron chi connectivity index (χ4n) is 1.21. The summed E-state index contributed by atoms with van der Waals surface area (Å²) >= 11 is 0. The molecule has 1 N–H and O–H groups in total. The second-order valence-electron chi connectivity index (χ2n) is 3.54. The molecule has 0 amide bonds. The quantitative estimate of drug-likeness (QED) is 0.691. The zero-order valence-corrected chi connectivity index (χ0v) is 9.65. The summed E-state index contributed by atoms with van der Waals surface area (Å²) in [6.07, 6.45) is 5.73. The summed E-state index contributed by atoms with van der Waals surface area (Å²) in [7, 11) is -3.00. The molecule has 0 spiro atoms. The van der Waals surface area contributed by atoms with Crippen molar-refractivity contribution in [2.24, 2.45) is 5.92 Å². The molecule has 0 bridgehead atoms. The van der Waals surface area contributed by atoms with Crippen molar-refractivity contribution in [2.75, 3.05) is 12.8 Å². The van der Waals surface area contributed by atoms with E-state index in [0.717, 1.165) is 12.8 Å². The lowest BCUT2D eigenvalue weighted by Crippen LogP contribution is -2.28. The van der Waals surface area contributed by atoms with Gasteiger partial charge in [0.05, 0.1) is 6.26 Å². The molecule has 4 heteroatoms. The SMILES string of the molecule is CCCCC(CC)CNS(C)(=O)=O. The Balaban J connectivity index is 3.72. The molecule has 0 radical (unpaired) electrons. The van der Waals surface area contributed by atoms with Crippen LogP contribution in [0, 0.1) is 5.92 Å². The number of sulfonamides is 1. The highest BCUT2D eigenvalue weighted by molar-refractivity contribution is 7.88. The molecule has 0 fully saturated rings. The van der Waals surface area contributed by atoms with Crippen LogP contribution < -0.4 is 4.72 Å². The number of nitrogens with one attached hydrogen (secondary N) is 1. The first-order valence-electron chi connectivity index (χ1n) is 4.94. The summed E-state index contributed by atoms with van der Waals surface area (Å²) < 4.78 is 24.2. The van der Waals surface area contributed by atoms with Crippen molar-refractivity contribution in [2.45, 2.75) is 39.5 Å². The Hall–Kier alpha value is -0.0900. The molecule has 0 aliphatic heterocycles. The van der Waals surface area contributed by atoms with Crippen LogP contribution in [0.4, 0.5) is 0 Å². The fourth-order valence-corrected chi connectivity index (χ4v) is 1.75. The number of unbranched alkanes of at least 4 members (excludes halogenated alkanes) is 1. The Bertz CT molecular complexity index is 212. The minimum absolute atomic E-state index is 0.495. The van der Waals surface area contributed by atoms with Crippen LogP contribution in [0.25, 0.3) is 0 Å². The van der Waals surface area contributed by atoms with Gasteiger partial charge in [-0.15, -0.1) is 0 Å². The van der Waals surface area contributed by atoms with E-state index in [9.17, 15) is 8.42 Å². The van der Waals surface area contributed by atoms with Gasteiger partial charge in [-0.1, -0.05) is 33.1 Å². The standard InChI is InChI=1S/C9H21NO2S/c1-4-6-7-9(5-2)8-10-13(3,11)12/h9-10H,4-8H2,1-3H3. The molecule has 0 aromatic heterocycles. The molecule has 80 valence electrons. The van der Waals surface area contributed by atoms with Crippen LogP contribution in [-0.4, -0.2) is 21.2 Å². The van der Waals surface area contributed by atoms with Crippen molar-refractivity contribution in [3.63, 3.8) is 0 Å². The molecule has 1 unspecified atom stereocenters. The summed E-state index contributed by atoms with van der Waals surface area (Å²) in [5, 5.41) is 0. The van der Waals surface area contributed by atoms with Crippen molar-refractivity contribution in [3.05, 3.63) is 0 Å². The van der Waals surface area contributed by atoms with E-state index in [2.05, 4.69) is 18.6 Å². The zero-order valence-electron chi connectivity index (χ0n) is 8.84. The highest BCUT2D eigenvalue weighted by atomic mass is 32.2. The van der Waals surface area contributed by atoms with Crippen molar-refractivity contribution in [3.8, 4) is 0 Å². The maximum absolute atomic E-state index is 10.8. The predicted octanol–water partition coefficient (Wildman–Crippen LogP) is 1.75. The van der Waals surface area contributed by atoms with E-state index in [0.29, 0.717) is 12.5 Å². The van der Waals surface area contributed by atoms with Crippen LogP contribution in [0.15, 0.2) is 0 Å². The number of hydrogen-bond acceptors (Lipinski definition) is 2. The molecule has 1 atom stereocenters. The van der Waals surface area contributed by atoms with Crippen LogP contribution in [0.1, 0.15) is 39.5 Å². The van der Waals surface area contributed by atoms with Crippen LogP contribution >= 0.6 is 0 Å². The van der Waals surface area contributed by atoms with E-state index in [1.807, 2.05) is 0 Å². The Morgan fingerprint density at radius 2 is 1.92 bits per heavy atom. The normalized spacial score (nSPS) is 14.4. The molecule has 0 saturated carbocycles. The highest BCUT2D eigenvalue weighted by Crippen LogP contribution is 2.11. The highest BCUT2D eigenvalue weighted by Gasteiger charge is 2.08. The first-order chi connectivity index (χ1) is 5.99. The average Bonchev–Trinajstić information content (AvgIpc) is 2.03. The van der Waals surface area contributed by atoms with Crippen LogP contribution in [0.3, 0.4) is 0 Å². The van der Waals surface area contributed by atoms with Gasteiger partial charge in [0.1, 0.15) is 0 Å². The van der Waals surface area contributed by atoms with E-state index >= 15 is 0 Å². The van der Waals surface area contributed by atoms with Crippen molar-refractivity contribution in [1.29, 1.82) is 0 Å². The topological polar surface area (TPSA) is 46.2 Å². The predicted molar refractivity (Wildman–Crippen MR) is 56.2 cm³/mol. The van der Waals surface area contributed by atoms with Gasteiger partial charge in [-0.25, -0.2) is 13.1 Å². The van der Waals surface area contributed by atoms with Gasteiger partial charge >= 0.3 is 0 Å². The van der Waals surface area contributed by atoms with E-state index in [4.69, 9.17) is 0 Å². The van der Waals surface area contributed by atoms with Gasteiger partial charge in [0.15, 0.2) is 0 Å². The largest absolute Gasteiger partial charge is 0.215 e. The molecular formula is C9H21NO2S. The third-order valence-corrected chi connectivity index (χ3v) is 2.87. The first kappa shape index (κ1) is 12.9. The third-order valence-electron chi connectivity index (χ3n) is 2.18. The van der Waals surface area contributed by atoms with E-state index in [1.165, 1.54) is 19.1 Å². The monoisotopic (exact) mass is 207 g/mol. The summed E-state index contributed by atoms with van der Waals surface area (Å²) in [6, 6.07) is 0. The van der Waals surface area contributed by atoms with Crippen LogP contribution in [0.5, 0.6) is 0 Å². The molecule has 0 heterocycles. The maximum atomic E-state index is 10.8. The summed E-state index contributed by atoms with van der Waals surface area (Å²) in [6.45, 7) is 4.84. The molecule has 0 aliphatic carbocycles. The zero-order chi connectivity index (χ0) is 10.3. The summed E-state index contributed by atoms with van der Waals surface area (Å²) in [5.41, 5.74) is 0. The van der Waals surface area contributed by atoms with E-state index in [-0.39, 0.29) is 0 Å². The minimum Gasteiger partial charge on any atom is -0.215 e. The fraction of sp³-hybridized carbons (Fsp3) is 1.00. The molecule has 0 saturated heterocycles. The molecule has 0 aromatic rings. The second kappa shape index (κ2) is 6.38. The first-order valence-corrected chi connectivity index (χ1v) is 6.83. The van der Waals surface area contributed by atoms with Crippen molar-refractivity contribution >= 4 is 10.0 Å². The lowest BCUT2D eigenvalue weighted by molar-refractivity contribution is 0.444. The second-order valence-corrected chi connectivity index (χ2v) is 5.37. The van der Waals surface area contributed by atoms with Gasteiger partial charge in [0.25, 0.3) is 0 Å². The van der Waals surface area contributed by atoms with E-state index in [1.54, 1.807) is 0 Å². The third kappa shape index (κ3) is 8.25. The van der Waals surface area contributed by atoms with Gasteiger partial charge in [-0.05, 0) is 12.3 Å². The van der Waals surface area contributed by atoms with Crippen molar-refractivity contribution in [1.82, 2.24) is 4.72 Å². The Labute approximate surface area is 82.0 Å². The van der Waals surface area contributed by atoms with Gasteiger partial charge in [-0.2, -0.15) is 0 Å². The lowest BCUT2D eigenvalue weighted by Gasteiger charge is -2.13. The van der Waals surface area contributed by atoms with Gasteiger partial charge < -0.3 is 0 Å². The average molecular weight is 207 g/mol. The van der Waals surface area contributed by atoms with Crippen LogP contribution in [0.2, 0.25) is 0 Å². The number of rotatable bonds is 7. The van der Waals surface area contributed by atoms with E-state index < -0.39 is 10.0 Å². The smallest absolute Gasteiger partial charge is 0.208 e. The van der Waals surface area contributed by atoms with Gasteiger partial charge in [-0.3, -0.25) is 0 Å². The maximum Gasteiger partial charge on any atom is 0.208 e. The Kier molecular flexibility index (Phi) is 6.33. The molecule has 3 nitrogen and oxygen atoms in total. The summed E-state index contributed by atoms with van der Waals surface area (Å²) in [5.74, 6) is 0.495. The molecule has 13 heavy (non-hydrogen) atoms. The van der Waals surface area contributed by atoms with Crippen LogP contribution in [-0.2, 0) is 10.0 Å². The minimum atomic E-state index is -3.00. The lowest BCUT2D eigenvalue weighted by atomic mass is 10.00. The van der Waals surface area contributed by atoms with Gasteiger partial charge in [0, 0.05) is 6.54 Å². The van der Waals surface area contributed by atoms with Gasteiger partial charge in [0.2, 0.25) is 10.0 Å². The summed E-state index contributed by atoms with van der Waals surface area (Å²) in [4.78, 5) is 0.